The normalized spacial score (nSPS) is 13.9. The average molecular weight is 439 g/mol. The lowest BCUT2D eigenvalue weighted by molar-refractivity contribution is -0.120. The molecule has 0 radical (unpaired) electrons. The van der Waals surface area contributed by atoms with Gasteiger partial charge < -0.3 is 5.32 Å². The molecule has 0 unspecified atom stereocenters. The van der Waals surface area contributed by atoms with Crippen LogP contribution in [0.25, 0.3) is 16.3 Å². The number of nitrogens with one attached hydrogen (secondary N) is 1. The van der Waals surface area contributed by atoms with E-state index in [2.05, 4.69) is 5.32 Å². The van der Waals surface area contributed by atoms with Crippen molar-refractivity contribution in [2.45, 2.75) is 6.92 Å². The summed E-state index contributed by atoms with van der Waals surface area (Å²) in [6, 6.07) is 28.1. The van der Waals surface area contributed by atoms with Gasteiger partial charge >= 0.3 is 0 Å². The third kappa shape index (κ3) is 3.45. The molecule has 0 atom stereocenters. The fraction of sp³-hybridized carbons (Fsp3) is 0.0370. The van der Waals surface area contributed by atoms with Gasteiger partial charge in [-0.05, 0) is 53.8 Å². The molecule has 5 heteroatoms. The number of hydrogen-bond acceptors (Lipinski definition) is 3. The van der Waals surface area contributed by atoms with E-state index < -0.39 is 5.91 Å². The van der Waals surface area contributed by atoms with Gasteiger partial charge in [0, 0.05) is 16.1 Å². The van der Waals surface area contributed by atoms with Gasteiger partial charge in [0.1, 0.15) is 5.70 Å². The zero-order valence-corrected chi connectivity index (χ0v) is 18.1. The highest BCUT2D eigenvalue weighted by Gasteiger charge is 2.40. The number of hydrogen-bond donors (Lipinski definition) is 1. The van der Waals surface area contributed by atoms with Crippen LogP contribution in [0.2, 0.25) is 5.02 Å². The number of nitrogens with zero attached hydrogens (tertiary/aromatic N) is 1. The summed E-state index contributed by atoms with van der Waals surface area (Å²) in [7, 11) is 0. The SMILES string of the molecule is Cc1cccc(N2C(=O)C(Nc3cccc4ccccc34)=C(c3ccc(Cl)cc3)C2=O)c1. The first-order valence-corrected chi connectivity index (χ1v) is 10.6. The Hall–Kier alpha value is -3.89. The van der Waals surface area contributed by atoms with Gasteiger partial charge in [0.2, 0.25) is 0 Å². The number of amides is 2. The highest BCUT2D eigenvalue weighted by Crippen LogP contribution is 2.35. The number of carbonyl (C=O) groups excluding carboxylic acids is 2. The average Bonchev–Trinajstić information content (AvgIpc) is 3.04. The molecular weight excluding hydrogens is 420 g/mol. The lowest BCUT2D eigenvalue weighted by atomic mass is 10.0. The summed E-state index contributed by atoms with van der Waals surface area (Å²) in [5.74, 6) is -0.760. The van der Waals surface area contributed by atoms with E-state index in [4.69, 9.17) is 11.6 Å². The van der Waals surface area contributed by atoms with E-state index in [0.29, 0.717) is 21.8 Å². The molecule has 4 aromatic rings. The van der Waals surface area contributed by atoms with Crippen molar-refractivity contribution in [3.05, 3.63) is 113 Å². The van der Waals surface area contributed by atoms with Crippen molar-refractivity contribution in [2.24, 2.45) is 0 Å². The van der Waals surface area contributed by atoms with Crippen LogP contribution < -0.4 is 10.2 Å². The van der Waals surface area contributed by atoms with Crippen molar-refractivity contribution in [1.82, 2.24) is 0 Å². The van der Waals surface area contributed by atoms with Crippen LogP contribution in [-0.4, -0.2) is 11.8 Å². The van der Waals surface area contributed by atoms with Gasteiger partial charge in [0.05, 0.1) is 11.3 Å². The third-order valence-electron chi connectivity index (χ3n) is 5.53. The molecule has 1 aliphatic rings. The van der Waals surface area contributed by atoms with Gasteiger partial charge in [-0.3, -0.25) is 9.59 Å². The number of carbonyl (C=O) groups is 2. The maximum absolute atomic E-state index is 13.6. The molecule has 2 amide bonds. The molecule has 32 heavy (non-hydrogen) atoms. The minimum atomic E-state index is -0.390. The molecule has 0 spiro atoms. The molecular formula is C27H19ClN2O2. The molecule has 1 aliphatic heterocycles. The van der Waals surface area contributed by atoms with Crippen molar-refractivity contribution < 1.29 is 9.59 Å². The van der Waals surface area contributed by atoms with Crippen molar-refractivity contribution in [3.63, 3.8) is 0 Å². The Balaban J connectivity index is 1.66. The number of halogens is 1. The molecule has 0 aliphatic carbocycles. The van der Waals surface area contributed by atoms with Gasteiger partial charge in [-0.1, -0.05) is 72.3 Å². The Morgan fingerprint density at radius 2 is 1.50 bits per heavy atom. The standard InChI is InChI=1S/C27H19ClN2O2/c1-17-6-4-9-21(16-17)30-26(31)24(19-12-14-20(28)15-13-19)25(27(30)32)29-23-11-5-8-18-7-2-3-10-22(18)23/h2-16,29H,1H3. The smallest absolute Gasteiger partial charge is 0.282 e. The molecule has 1 N–H and O–H groups in total. The molecule has 156 valence electrons. The van der Waals surface area contributed by atoms with Crippen LogP contribution in [0.1, 0.15) is 11.1 Å². The molecule has 0 saturated heterocycles. The molecule has 4 nitrogen and oxygen atoms in total. The predicted molar refractivity (Wildman–Crippen MR) is 130 cm³/mol. The molecule has 1 heterocycles. The summed E-state index contributed by atoms with van der Waals surface area (Å²) in [4.78, 5) is 28.4. The van der Waals surface area contributed by atoms with Crippen LogP contribution in [0, 0.1) is 6.92 Å². The van der Waals surface area contributed by atoms with Crippen LogP contribution >= 0.6 is 11.6 Å². The van der Waals surface area contributed by atoms with Crippen molar-refractivity contribution in [3.8, 4) is 0 Å². The highest BCUT2D eigenvalue weighted by atomic mass is 35.5. The Labute approximate surface area is 190 Å². The minimum Gasteiger partial charge on any atom is -0.350 e. The summed E-state index contributed by atoms with van der Waals surface area (Å²) in [5.41, 5.74) is 3.46. The largest absolute Gasteiger partial charge is 0.350 e. The maximum atomic E-state index is 13.6. The number of fused-ring (bicyclic) bond motifs is 1. The van der Waals surface area contributed by atoms with Crippen LogP contribution in [0.5, 0.6) is 0 Å². The van der Waals surface area contributed by atoms with Crippen LogP contribution in [0.4, 0.5) is 11.4 Å². The number of rotatable bonds is 4. The van der Waals surface area contributed by atoms with E-state index in [-0.39, 0.29) is 11.6 Å². The summed E-state index contributed by atoms with van der Waals surface area (Å²) >= 11 is 6.06. The van der Waals surface area contributed by atoms with Gasteiger partial charge in [0.25, 0.3) is 11.8 Å². The third-order valence-corrected chi connectivity index (χ3v) is 5.78. The summed E-state index contributed by atoms with van der Waals surface area (Å²) in [5, 5.41) is 5.84. The Bertz CT molecular complexity index is 1400. The van der Waals surface area contributed by atoms with E-state index in [9.17, 15) is 9.59 Å². The lowest BCUT2D eigenvalue weighted by Crippen LogP contribution is -2.32. The first kappa shape index (κ1) is 20.0. The number of anilines is 2. The zero-order chi connectivity index (χ0) is 22.2. The van der Waals surface area contributed by atoms with E-state index in [1.807, 2.05) is 67.6 Å². The summed E-state index contributed by atoms with van der Waals surface area (Å²) in [6.07, 6.45) is 0. The molecule has 0 fully saturated rings. The molecule has 0 saturated carbocycles. The topological polar surface area (TPSA) is 49.4 Å². The van der Waals surface area contributed by atoms with Crippen molar-refractivity contribution in [1.29, 1.82) is 0 Å². The van der Waals surface area contributed by atoms with E-state index in [1.165, 1.54) is 4.90 Å². The zero-order valence-electron chi connectivity index (χ0n) is 17.3. The summed E-state index contributed by atoms with van der Waals surface area (Å²) < 4.78 is 0. The Morgan fingerprint density at radius 3 is 2.28 bits per heavy atom. The second-order valence-electron chi connectivity index (χ2n) is 7.69. The fourth-order valence-corrected chi connectivity index (χ4v) is 4.13. The van der Waals surface area contributed by atoms with Crippen LogP contribution in [0.3, 0.4) is 0 Å². The quantitative estimate of drug-likeness (QED) is 0.386. The molecule has 0 aromatic heterocycles. The van der Waals surface area contributed by atoms with Crippen LogP contribution in [0.15, 0.2) is 96.7 Å². The van der Waals surface area contributed by atoms with Crippen molar-refractivity contribution >= 4 is 51.1 Å². The maximum Gasteiger partial charge on any atom is 0.282 e. The first-order chi connectivity index (χ1) is 15.5. The van der Waals surface area contributed by atoms with Gasteiger partial charge in [-0.15, -0.1) is 0 Å². The molecule has 0 bridgehead atoms. The molecule has 4 aromatic carbocycles. The number of imide groups is 1. The van der Waals surface area contributed by atoms with E-state index in [1.54, 1.807) is 30.3 Å². The van der Waals surface area contributed by atoms with Crippen LogP contribution in [-0.2, 0) is 9.59 Å². The number of aryl methyl sites for hydroxylation is 1. The van der Waals surface area contributed by atoms with E-state index in [0.717, 1.165) is 22.0 Å². The molecule has 5 rings (SSSR count). The monoisotopic (exact) mass is 438 g/mol. The van der Waals surface area contributed by atoms with E-state index >= 15 is 0 Å². The minimum absolute atomic E-state index is 0.246. The van der Waals surface area contributed by atoms with Gasteiger partial charge in [-0.25, -0.2) is 4.90 Å². The second-order valence-corrected chi connectivity index (χ2v) is 8.13. The second kappa shape index (κ2) is 7.98. The Kier molecular flexibility index (Phi) is 5.00. The summed E-state index contributed by atoms with van der Waals surface area (Å²) in [6.45, 7) is 1.93. The van der Waals surface area contributed by atoms with Gasteiger partial charge in [-0.2, -0.15) is 0 Å². The predicted octanol–water partition coefficient (Wildman–Crippen LogP) is 6.20. The highest BCUT2D eigenvalue weighted by molar-refractivity contribution is 6.46. The van der Waals surface area contributed by atoms with Crippen molar-refractivity contribution in [2.75, 3.05) is 10.2 Å². The Morgan fingerprint density at radius 1 is 0.781 bits per heavy atom. The first-order valence-electron chi connectivity index (χ1n) is 10.2. The fourth-order valence-electron chi connectivity index (χ4n) is 4.00. The lowest BCUT2D eigenvalue weighted by Gasteiger charge is -2.16. The van der Waals surface area contributed by atoms with Gasteiger partial charge in [0.15, 0.2) is 0 Å². The number of benzene rings is 4.